The minimum absolute atomic E-state index is 0.657. The van der Waals surface area contributed by atoms with Crippen LogP contribution >= 0.6 is 0 Å². The summed E-state index contributed by atoms with van der Waals surface area (Å²) >= 11 is 0. The summed E-state index contributed by atoms with van der Waals surface area (Å²) in [5.74, 6) is 3.45. The molecule has 5 rings (SSSR count). The van der Waals surface area contributed by atoms with Crippen LogP contribution in [0.3, 0.4) is 0 Å². The van der Waals surface area contributed by atoms with Crippen molar-refractivity contribution in [3.05, 3.63) is 42.7 Å². The summed E-state index contributed by atoms with van der Waals surface area (Å²) in [7, 11) is 0. The fraction of sp³-hybridized carbons (Fsp3) is 0.412. The van der Waals surface area contributed by atoms with Crippen molar-refractivity contribution >= 4 is 17.2 Å². The zero-order valence-electron chi connectivity index (χ0n) is 13.6. The van der Waals surface area contributed by atoms with Crippen LogP contribution in [0.25, 0.3) is 5.52 Å². The molecule has 7 heteroatoms. The van der Waals surface area contributed by atoms with Crippen LogP contribution < -0.4 is 9.80 Å². The zero-order valence-corrected chi connectivity index (χ0v) is 13.6. The number of aryl methyl sites for hydroxylation is 1. The monoisotopic (exact) mass is 321 g/mol. The standard InChI is InChI=1S/C17H19N7/c1-12-6-18-11-20-16(12)22-7-13-9-23(10-14(13)8-22)17-15-2-3-21-24(15)5-4-19-17/h2-6,11,13-14H,7-10H2,1H3. The van der Waals surface area contributed by atoms with Gasteiger partial charge in [-0.1, -0.05) is 0 Å². The van der Waals surface area contributed by atoms with E-state index in [9.17, 15) is 0 Å². The first kappa shape index (κ1) is 13.7. The van der Waals surface area contributed by atoms with Crippen LogP contribution in [0.2, 0.25) is 0 Å². The minimum Gasteiger partial charge on any atom is -0.356 e. The van der Waals surface area contributed by atoms with E-state index in [4.69, 9.17) is 0 Å². The topological polar surface area (TPSA) is 62.5 Å². The van der Waals surface area contributed by atoms with Gasteiger partial charge in [-0.25, -0.2) is 19.5 Å². The van der Waals surface area contributed by atoms with Gasteiger partial charge in [0.1, 0.15) is 17.7 Å². The predicted octanol–water partition coefficient (Wildman–Crippen LogP) is 1.40. The largest absolute Gasteiger partial charge is 0.356 e. The van der Waals surface area contributed by atoms with Crippen LogP contribution in [0, 0.1) is 18.8 Å². The summed E-state index contributed by atoms with van der Waals surface area (Å²) in [5, 5.41) is 4.31. The van der Waals surface area contributed by atoms with Gasteiger partial charge in [0.15, 0.2) is 5.82 Å². The molecule has 2 aliphatic rings. The molecular formula is C17H19N7. The number of rotatable bonds is 2. The van der Waals surface area contributed by atoms with Crippen LogP contribution in [0.1, 0.15) is 5.56 Å². The molecule has 5 heterocycles. The first-order valence-corrected chi connectivity index (χ1v) is 8.34. The smallest absolute Gasteiger partial charge is 0.154 e. The Morgan fingerprint density at radius 2 is 1.71 bits per heavy atom. The molecule has 0 bridgehead atoms. The second-order valence-corrected chi connectivity index (χ2v) is 6.77. The molecule has 0 saturated carbocycles. The quantitative estimate of drug-likeness (QED) is 0.711. The van der Waals surface area contributed by atoms with Crippen molar-refractivity contribution in [2.45, 2.75) is 6.92 Å². The SMILES string of the molecule is Cc1cncnc1N1CC2CN(c3nccn4nccc34)CC2C1. The van der Waals surface area contributed by atoms with Gasteiger partial charge in [0, 0.05) is 62.2 Å². The molecule has 0 aromatic carbocycles. The molecule has 0 aliphatic carbocycles. The lowest BCUT2D eigenvalue weighted by Gasteiger charge is -2.24. The molecule has 0 amide bonds. The maximum absolute atomic E-state index is 4.61. The van der Waals surface area contributed by atoms with Gasteiger partial charge in [-0.15, -0.1) is 0 Å². The lowest BCUT2D eigenvalue weighted by molar-refractivity contribution is 0.533. The Balaban J connectivity index is 1.37. The van der Waals surface area contributed by atoms with Gasteiger partial charge in [0.25, 0.3) is 0 Å². The molecule has 3 aromatic heterocycles. The number of hydrogen-bond donors (Lipinski definition) is 0. The van der Waals surface area contributed by atoms with Crippen LogP contribution in [-0.4, -0.2) is 50.7 Å². The predicted molar refractivity (Wildman–Crippen MR) is 91.2 cm³/mol. The Kier molecular flexibility index (Phi) is 2.95. The van der Waals surface area contributed by atoms with Crippen molar-refractivity contribution < 1.29 is 0 Å². The molecule has 24 heavy (non-hydrogen) atoms. The average Bonchev–Trinajstić information content (AvgIpc) is 3.28. The highest BCUT2D eigenvalue weighted by atomic mass is 15.3. The van der Waals surface area contributed by atoms with Gasteiger partial charge < -0.3 is 9.80 Å². The van der Waals surface area contributed by atoms with E-state index in [1.54, 1.807) is 6.33 Å². The van der Waals surface area contributed by atoms with E-state index >= 15 is 0 Å². The van der Waals surface area contributed by atoms with Crippen LogP contribution in [0.15, 0.2) is 37.2 Å². The van der Waals surface area contributed by atoms with E-state index in [0.29, 0.717) is 11.8 Å². The fourth-order valence-corrected chi connectivity index (χ4v) is 4.15. The highest BCUT2D eigenvalue weighted by Gasteiger charge is 2.41. The third kappa shape index (κ3) is 2.04. The third-order valence-corrected chi connectivity index (χ3v) is 5.26. The summed E-state index contributed by atoms with van der Waals surface area (Å²) in [5.41, 5.74) is 2.24. The van der Waals surface area contributed by atoms with Crippen molar-refractivity contribution in [2.24, 2.45) is 11.8 Å². The number of hydrogen-bond acceptors (Lipinski definition) is 6. The highest BCUT2D eigenvalue weighted by Crippen LogP contribution is 2.36. The summed E-state index contributed by atoms with van der Waals surface area (Å²) in [6, 6.07) is 2.03. The maximum atomic E-state index is 4.61. The summed E-state index contributed by atoms with van der Waals surface area (Å²) in [6.45, 7) is 6.29. The maximum Gasteiger partial charge on any atom is 0.154 e. The first-order valence-electron chi connectivity index (χ1n) is 8.34. The van der Waals surface area contributed by atoms with Crippen molar-refractivity contribution in [1.29, 1.82) is 0 Å². The molecule has 3 aromatic rings. The molecule has 2 atom stereocenters. The second kappa shape index (κ2) is 5.15. The number of anilines is 2. The molecule has 2 unspecified atom stereocenters. The number of aromatic nitrogens is 5. The van der Waals surface area contributed by atoms with E-state index < -0.39 is 0 Å². The zero-order chi connectivity index (χ0) is 16.1. The van der Waals surface area contributed by atoms with E-state index in [0.717, 1.165) is 48.9 Å². The molecule has 7 nitrogen and oxygen atoms in total. The Morgan fingerprint density at radius 1 is 0.958 bits per heavy atom. The summed E-state index contributed by atoms with van der Waals surface area (Å²) in [6.07, 6.45) is 9.10. The Morgan fingerprint density at radius 3 is 2.46 bits per heavy atom. The van der Waals surface area contributed by atoms with Gasteiger partial charge in [-0.3, -0.25) is 0 Å². The summed E-state index contributed by atoms with van der Waals surface area (Å²) in [4.78, 5) is 18.0. The Hall–Kier alpha value is -2.70. The molecule has 2 saturated heterocycles. The fourth-order valence-electron chi connectivity index (χ4n) is 4.15. The summed E-state index contributed by atoms with van der Waals surface area (Å²) < 4.78 is 1.90. The number of fused-ring (bicyclic) bond motifs is 2. The minimum atomic E-state index is 0.657. The average molecular weight is 321 g/mol. The first-order chi connectivity index (χ1) is 11.8. The number of nitrogens with zero attached hydrogens (tertiary/aromatic N) is 7. The lowest BCUT2D eigenvalue weighted by Crippen LogP contribution is -2.30. The molecular weight excluding hydrogens is 302 g/mol. The molecule has 0 N–H and O–H groups in total. The van der Waals surface area contributed by atoms with Crippen molar-refractivity contribution in [3.63, 3.8) is 0 Å². The van der Waals surface area contributed by atoms with E-state index in [1.807, 2.05) is 35.4 Å². The van der Waals surface area contributed by atoms with Crippen LogP contribution in [0.5, 0.6) is 0 Å². The van der Waals surface area contributed by atoms with Crippen LogP contribution in [-0.2, 0) is 0 Å². The van der Waals surface area contributed by atoms with Gasteiger partial charge in [-0.2, -0.15) is 5.10 Å². The molecule has 2 aliphatic heterocycles. The van der Waals surface area contributed by atoms with E-state index in [1.165, 1.54) is 0 Å². The molecule has 122 valence electrons. The van der Waals surface area contributed by atoms with E-state index in [2.05, 4.69) is 36.8 Å². The normalized spacial score (nSPS) is 23.2. The Bertz CT molecular complexity index is 875. The second-order valence-electron chi connectivity index (χ2n) is 6.77. The van der Waals surface area contributed by atoms with Gasteiger partial charge in [0.2, 0.25) is 0 Å². The molecule has 0 radical (unpaired) electrons. The van der Waals surface area contributed by atoms with Gasteiger partial charge in [-0.05, 0) is 13.0 Å². The van der Waals surface area contributed by atoms with Crippen LogP contribution in [0.4, 0.5) is 11.6 Å². The van der Waals surface area contributed by atoms with Crippen molar-refractivity contribution in [3.8, 4) is 0 Å². The molecule has 0 spiro atoms. The van der Waals surface area contributed by atoms with Crippen molar-refractivity contribution in [1.82, 2.24) is 24.6 Å². The van der Waals surface area contributed by atoms with E-state index in [-0.39, 0.29) is 0 Å². The van der Waals surface area contributed by atoms with Gasteiger partial charge in [0.05, 0.1) is 6.20 Å². The third-order valence-electron chi connectivity index (χ3n) is 5.26. The lowest BCUT2D eigenvalue weighted by atomic mass is 10.0. The highest BCUT2D eigenvalue weighted by molar-refractivity contribution is 5.68. The Labute approximate surface area is 140 Å². The van der Waals surface area contributed by atoms with Crippen molar-refractivity contribution in [2.75, 3.05) is 36.0 Å². The van der Waals surface area contributed by atoms with Gasteiger partial charge >= 0.3 is 0 Å². The molecule has 2 fully saturated rings.